The summed E-state index contributed by atoms with van der Waals surface area (Å²) >= 11 is 0. The van der Waals surface area contributed by atoms with Crippen LogP contribution in [0, 0.1) is 0 Å². The van der Waals surface area contributed by atoms with Crippen LogP contribution >= 0.6 is 0 Å². The van der Waals surface area contributed by atoms with Crippen molar-refractivity contribution in [1.29, 1.82) is 0 Å². The van der Waals surface area contributed by atoms with Gasteiger partial charge in [-0.1, -0.05) is 0 Å². The first-order chi connectivity index (χ1) is 15.3. The van der Waals surface area contributed by atoms with Crippen molar-refractivity contribution in [3.63, 3.8) is 0 Å². The van der Waals surface area contributed by atoms with Crippen LogP contribution in [-0.4, -0.2) is 119 Å². The third-order valence-corrected chi connectivity index (χ3v) is 7.07. The van der Waals surface area contributed by atoms with Crippen molar-refractivity contribution in [3.05, 3.63) is 0 Å². The largest absolute Gasteiger partial charge is 0.336 e. The van der Waals surface area contributed by atoms with Gasteiger partial charge in [0.1, 0.15) is 0 Å². The monoisotopic (exact) mass is 466 g/mol. The standard InChI is InChI=1S/C25H50N6O2/c1-17(2)26-24(32)28-13-20(7)30(18(3)4)22(15-28)11-12-23-16-29(25(33)27(9)10)14-21(8)31(23)19(5)6/h17-23H,11-16H2,1-10H3,(H,26,32)/t20-,21+,22+,23-/m0/s1. The summed E-state index contributed by atoms with van der Waals surface area (Å²) in [5, 5.41) is 3.07. The molecule has 1 N–H and O–H groups in total. The third kappa shape index (κ3) is 6.98. The number of rotatable bonds is 6. The Bertz CT molecular complexity index is 653. The van der Waals surface area contributed by atoms with E-state index >= 15 is 0 Å². The van der Waals surface area contributed by atoms with Gasteiger partial charge in [0.25, 0.3) is 0 Å². The highest BCUT2D eigenvalue weighted by atomic mass is 16.2. The predicted molar refractivity (Wildman–Crippen MR) is 136 cm³/mol. The molecule has 0 bridgehead atoms. The van der Waals surface area contributed by atoms with Crippen LogP contribution in [0.2, 0.25) is 0 Å². The van der Waals surface area contributed by atoms with Crippen LogP contribution in [0.5, 0.6) is 0 Å². The van der Waals surface area contributed by atoms with Crippen molar-refractivity contribution in [2.45, 2.75) is 111 Å². The fraction of sp³-hybridized carbons (Fsp3) is 0.920. The zero-order valence-electron chi connectivity index (χ0n) is 22.8. The van der Waals surface area contributed by atoms with Crippen LogP contribution < -0.4 is 5.32 Å². The normalized spacial score (nSPS) is 27.5. The van der Waals surface area contributed by atoms with Gasteiger partial charge in [-0.25, -0.2) is 9.59 Å². The lowest BCUT2D eigenvalue weighted by molar-refractivity contribution is -0.00581. The average Bonchev–Trinajstić information content (AvgIpc) is 2.69. The fourth-order valence-corrected chi connectivity index (χ4v) is 6.06. The summed E-state index contributed by atoms with van der Waals surface area (Å²) in [5.41, 5.74) is 0. The van der Waals surface area contributed by atoms with Gasteiger partial charge in [0, 0.05) is 82.6 Å². The molecule has 2 rings (SSSR count). The molecule has 8 heteroatoms. The lowest BCUT2D eigenvalue weighted by atomic mass is 9.94. The van der Waals surface area contributed by atoms with E-state index in [1.54, 1.807) is 4.90 Å². The molecular formula is C25H50N6O2. The van der Waals surface area contributed by atoms with Crippen molar-refractivity contribution in [2.24, 2.45) is 0 Å². The second-order valence-electron chi connectivity index (χ2n) is 11.3. The van der Waals surface area contributed by atoms with Gasteiger partial charge in [0.15, 0.2) is 0 Å². The highest BCUT2D eigenvalue weighted by Gasteiger charge is 2.39. The van der Waals surface area contributed by atoms with Crippen LogP contribution in [0.4, 0.5) is 9.59 Å². The minimum Gasteiger partial charge on any atom is -0.336 e. The molecule has 0 aromatic carbocycles. The minimum atomic E-state index is 0.0445. The Morgan fingerprint density at radius 3 is 1.61 bits per heavy atom. The van der Waals surface area contributed by atoms with E-state index < -0.39 is 0 Å². The number of urea groups is 2. The molecule has 0 aromatic heterocycles. The van der Waals surface area contributed by atoms with Crippen LogP contribution in [0.1, 0.15) is 68.2 Å². The molecule has 0 unspecified atom stereocenters. The van der Waals surface area contributed by atoms with E-state index in [2.05, 4.69) is 56.7 Å². The lowest BCUT2D eigenvalue weighted by Gasteiger charge is -2.50. The zero-order valence-corrected chi connectivity index (χ0v) is 22.8. The molecule has 8 nitrogen and oxygen atoms in total. The number of piperazine rings is 2. The molecule has 0 aliphatic carbocycles. The molecule has 0 spiro atoms. The van der Waals surface area contributed by atoms with Gasteiger partial charge in [-0.15, -0.1) is 0 Å². The summed E-state index contributed by atoms with van der Waals surface area (Å²) in [4.78, 5) is 36.4. The number of amides is 4. The molecule has 0 saturated carbocycles. The van der Waals surface area contributed by atoms with Gasteiger partial charge in [-0.3, -0.25) is 9.80 Å². The topological polar surface area (TPSA) is 62.4 Å². The second kappa shape index (κ2) is 11.7. The average molecular weight is 467 g/mol. The van der Waals surface area contributed by atoms with Crippen molar-refractivity contribution in [2.75, 3.05) is 40.3 Å². The molecular weight excluding hydrogens is 416 g/mol. The van der Waals surface area contributed by atoms with Gasteiger partial charge in [-0.2, -0.15) is 0 Å². The molecule has 192 valence electrons. The van der Waals surface area contributed by atoms with Crippen molar-refractivity contribution < 1.29 is 9.59 Å². The van der Waals surface area contributed by atoms with Gasteiger partial charge in [-0.05, 0) is 68.2 Å². The third-order valence-electron chi connectivity index (χ3n) is 7.07. The molecule has 2 aliphatic heterocycles. The summed E-state index contributed by atoms with van der Waals surface area (Å²) in [6, 6.07) is 2.42. The molecule has 4 atom stereocenters. The molecule has 2 saturated heterocycles. The number of hydrogen-bond donors (Lipinski definition) is 1. The Labute approximate surface area is 202 Å². The predicted octanol–water partition coefficient (Wildman–Crippen LogP) is 3.13. The summed E-state index contributed by atoms with van der Waals surface area (Å²) in [5.74, 6) is 0. The Morgan fingerprint density at radius 1 is 0.788 bits per heavy atom. The van der Waals surface area contributed by atoms with E-state index in [9.17, 15) is 9.59 Å². The van der Waals surface area contributed by atoms with Crippen LogP contribution in [0.3, 0.4) is 0 Å². The molecule has 4 amide bonds. The Kier molecular flexibility index (Phi) is 9.85. The van der Waals surface area contributed by atoms with Gasteiger partial charge >= 0.3 is 12.1 Å². The molecule has 0 aromatic rings. The van der Waals surface area contributed by atoms with Gasteiger partial charge in [0.05, 0.1) is 0 Å². The number of carbonyl (C=O) groups excluding carboxylic acids is 2. The van der Waals surface area contributed by atoms with Crippen molar-refractivity contribution in [3.8, 4) is 0 Å². The highest BCUT2D eigenvalue weighted by molar-refractivity contribution is 5.75. The second-order valence-corrected chi connectivity index (χ2v) is 11.3. The quantitative estimate of drug-likeness (QED) is 0.653. The number of hydrogen-bond acceptors (Lipinski definition) is 4. The summed E-state index contributed by atoms with van der Waals surface area (Å²) in [7, 11) is 3.66. The number of nitrogens with zero attached hydrogens (tertiary/aromatic N) is 5. The van der Waals surface area contributed by atoms with E-state index in [4.69, 9.17) is 0 Å². The minimum absolute atomic E-state index is 0.0445. The van der Waals surface area contributed by atoms with Crippen LogP contribution in [0.15, 0.2) is 0 Å². The number of carbonyl (C=O) groups is 2. The molecule has 0 radical (unpaired) electrons. The van der Waals surface area contributed by atoms with E-state index in [1.165, 1.54) is 0 Å². The van der Waals surface area contributed by atoms with E-state index in [0.29, 0.717) is 36.3 Å². The Morgan fingerprint density at radius 2 is 1.21 bits per heavy atom. The number of nitrogens with one attached hydrogen (secondary N) is 1. The summed E-state index contributed by atoms with van der Waals surface area (Å²) in [6.45, 7) is 20.6. The van der Waals surface area contributed by atoms with Gasteiger partial charge in [0.2, 0.25) is 0 Å². The lowest BCUT2D eigenvalue weighted by Crippen LogP contribution is -2.64. The zero-order chi connectivity index (χ0) is 25.0. The van der Waals surface area contributed by atoms with Crippen molar-refractivity contribution in [1.82, 2.24) is 29.8 Å². The smallest absolute Gasteiger partial charge is 0.319 e. The summed E-state index contributed by atoms with van der Waals surface area (Å²) in [6.07, 6.45) is 2.03. The molecule has 2 heterocycles. The highest BCUT2D eigenvalue weighted by Crippen LogP contribution is 2.27. The van der Waals surface area contributed by atoms with E-state index in [-0.39, 0.29) is 18.1 Å². The van der Waals surface area contributed by atoms with Crippen LogP contribution in [-0.2, 0) is 0 Å². The summed E-state index contributed by atoms with van der Waals surface area (Å²) < 4.78 is 0. The fourth-order valence-electron chi connectivity index (χ4n) is 6.06. The van der Waals surface area contributed by atoms with Gasteiger partial charge < -0.3 is 20.0 Å². The molecule has 2 aliphatic rings. The molecule has 33 heavy (non-hydrogen) atoms. The first-order valence-electron chi connectivity index (χ1n) is 12.9. The first-order valence-corrected chi connectivity index (χ1v) is 12.9. The maximum absolute atomic E-state index is 12.8. The maximum atomic E-state index is 12.8. The molecule has 2 fully saturated rings. The van der Waals surface area contributed by atoms with Crippen molar-refractivity contribution >= 4 is 12.1 Å². The Hall–Kier alpha value is -1.54. The van der Waals surface area contributed by atoms with E-state index in [0.717, 1.165) is 39.0 Å². The SMILES string of the molecule is CC(C)NC(=O)N1C[C@@H](CC[C@H]2CN(C(=O)N(C)C)C[C@@H](C)N2C(C)C)N(C(C)C)[C@@H](C)C1. The first kappa shape index (κ1) is 27.7. The maximum Gasteiger partial charge on any atom is 0.319 e. The van der Waals surface area contributed by atoms with E-state index in [1.807, 2.05) is 37.7 Å². The Balaban J connectivity index is 2.17. The van der Waals surface area contributed by atoms with Crippen LogP contribution in [0.25, 0.3) is 0 Å².